The Labute approximate surface area is 105 Å². The van der Waals surface area contributed by atoms with E-state index in [9.17, 15) is 0 Å². The Balaban J connectivity index is -0.000000500. The van der Waals surface area contributed by atoms with E-state index in [1.165, 1.54) is 0 Å². The summed E-state index contributed by atoms with van der Waals surface area (Å²) in [6, 6.07) is 0. The van der Waals surface area contributed by atoms with E-state index in [4.69, 9.17) is 20.9 Å². The molecule has 0 aliphatic rings. The van der Waals surface area contributed by atoms with Gasteiger partial charge in [-0.2, -0.15) is 0 Å². The van der Waals surface area contributed by atoms with Crippen LogP contribution in [0.25, 0.3) is 0 Å². The summed E-state index contributed by atoms with van der Waals surface area (Å²) in [4.78, 5) is 0. The van der Waals surface area contributed by atoms with Crippen LogP contribution in [0.1, 0.15) is 26.7 Å². The summed E-state index contributed by atoms with van der Waals surface area (Å²) in [5.41, 5.74) is -2.20. The zero-order chi connectivity index (χ0) is 8.74. The van der Waals surface area contributed by atoms with E-state index in [0.29, 0.717) is 13.2 Å². The largest absolute Gasteiger partial charge is 0.412 e. The van der Waals surface area contributed by atoms with E-state index in [1.54, 1.807) is 0 Å². The van der Waals surface area contributed by atoms with E-state index < -0.39 is 5.69 Å². The molecule has 0 saturated carbocycles. The van der Waals surface area contributed by atoms with Crippen molar-refractivity contribution in [1.82, 2.24) is 0 Å². The molecule has 0 spiro atoms. The van der Waals surface area contributed by atoms with Crippen LogP contribution in [0.15, 0.2) is 0 Å². The molecule has 0 aliphatic heterocycles. The molecule has 0 atom stereocenters. The summed E-state index contributed by atoms with van der Waals surface area (Å²) in [6.45, 7) is 5.35. The van der Waals surface area contributed by atoms with Gasteiger partial charge in [0, 0.05) is 21.1 Å². The zero-order valence-corrected chi connectivity index (χ0v) is 12.5. The SMILES string of the molecule is CCCOP(=S)(S)OCCC.O.[Mo]. The van der Waals surface area contributed by atoms with E-state index in [1.807, 2.05) is 13.8 Å². The van der Waals surface area contributed by atoms with Crippen LogP contribution >= 0.6 is 17.9 Å². The first-order chi connectivity index (χ1) is 5.12. The van der Waals surface area contributed by atoms with Crippen molar-refractivity contribution < 1.29 is 35.6 Å². The van der Waals surface area contributed by atoms with Gasteiger partial charge < -0.3 is 14.5 Å². The van der Waals surface area contributed by atoms with Crippen molar-refractivity contribution in [3.8, 4) is 0 Å². The van der Waals surface area contributed by atoms with Crippen molar-refractivity contribution >= 4 is 29.7 Å². The molecule has 3 nitrogen and oxygen atoms in total. The Morgan fingerprint density at radius 3 is 1.69 bits per heavy atom. The van der Waals surface area contributed by atoms with Crippen LogP contribution in [0.4, 0.5) is 0 Å². The summed E-state index contributed by atoms with van der Waals surface area (Å²) in [5, 5.41) is 0. The first kappa shape index (κ1) is 20.0. The predicted octanol–water partition coefficient (Wildman–Crippen LogP) is 2.17. The van der Waals surface area contributed by atoms with Crippen LogP contribution in [-0.4, -0.2) is 18.7 Å². The Kier molecular flexibility index (Phi) is 17.9. The summed E-state index contributed by atoms with van der Waals surface area (Å²) in [7, 11) is 0. The third-order valence-corrected chi connectivity index (χ3v) is 3.26. The minimum atomic E-state index is -2.20. The van der Waals surface area contributed by atoms with E-state index in [-0.39, 0.29) is 26.5 Å². The van der Waals surface area contributed by atoms with Crippen LogP contribution in [0.2, 0.25) is 0 Å². The van der Waals surface area contributed by atoms with Crippen molar-refractivity contribution in [2.75, 3.05) is 13.2 Å². The van der Waals surface area contributed by atoms with Gasteiger partial charge in [-0.1, -0.05) is 26.1 Å². The summed E-state index contributed by atoms with van der Waals surface area (Å²) in [5.74, 6) is 0. The normalized spacial score (nSPS) is 10.1. The van der Waals surface area contributed by atoms with Gasteiger partial charge in [0.25, 0.3) is 0 Å². The first-order valence-corrected chi connectivity index (χ1v) is 7.53. The standard InChI is InChI=1S/C6H15O2PS2.Mo.H2O/c1-3-5-7-9(10,11)8-6-4-2;;/h3-6H2,1-2H3,(H,10,11);;1H2. The van der Waals surface area contributed by atoms with Gasteiger partial charge in [-0.25, -0.2) is 0 Å². The van der Waals surface area contributed by atoms with Crippen molar-refractivity contribution in [1.29, 1.82) is 0 Å². The van der Waals surface area contributed by atoms with Gasteiger partial charge >= 0.3 is 0 Å². The third kappa shape index (κ3) is 13.6. The van der Waals surface area contributed by atoms with Gasteiger partial charge in [-0.3, -0.25) is 0 Å². The molecule has 0 rings (SSSR count). The molecule has 0 aromatic carbocycles. The van der Waals surface area contributed by atoms with Gasteiger partial charge in [-0.05, 0) is 24.6 Å². The minimum absolute atomic E-state index is 0. The molecule has 7 heteroatoms. The van der Waals surface area contributed by atoms with Crippen molar-refractivity contribution in [2.45, 2.75) is 26.7 Å². The molecule has 0 aliphatic carbocycles. The van der Waals surface area contributed by atoms with Gasteiger partial charge in [0.15, 0.2) is 0 Å². The van der Waals surface area contributed by atoms with Gasteiger partial charge in [0.05, 0.1) is 13.2 Å². The molecule has 0 amide bonds. The quantitative estimate of drug-likeness (QED) is 0.462. The van der Waals surface area contributed by atoms with Crippen LogP contribution in [0.3, 0.4) is 0 Å². The summed E-state index contributed by atoms with van der Waals surface area (Å²) >= 11 is 9.14. The van der Waals surface area contributed by atoms with E-state index in [2.05, 4.69) is 12.2 Å². The van der Waals surface area contributed by atoms with Gasteiger partial charge in [-0.15, -0.1) is 0 Å². The van der Waals surface area contributed by atoms with E-state index in [0.717, 1.165) is 12.8 Å². The fourth-order valence-electron chi connectivity index (χ4n) is 0.451. The third-order valence-electron chi connectivity index (χ3n) is 0.917. The molecule has 0 saturated heterocycles. The van der Waals surface area contributed by atoms with Crippen molar-refractivity contribution in [2.24, 2.45) is 0 Å². The monoisotopic (exact) mass is 330 g/mol. The number of hydrogen-bond acceptors (Lipinski definition) is 3. The Morgan fingerprint density at radius 1 is 1.15 bits per heavy atom. The fourth-order valence-corrected chi connectivity index (χ4v) is 2.29. The summed E-state index contributed by atoms with van der Waals surface area (Å²) < 4.78 is 10.5. The molecule has 13 heavy (non-hydrogen) atoms. The minimum Gasteiger partial charge on any atom is -0.412 e. The zero-order valence-electron chi connectivity index (χ0n) is 7.86. The second kappa shape index (κ2) is 11.6. The molecule has 0 aromatic heterocycles. The molecule has 0 aromatic rings. The maximum absolute atomic E-state index is 5.25. The van der Waals surface area contributed by atoms with Gasteiger partial charge in [0.2, 0.25) is 5.69 Å². The fraction of sp³-hybridized carbons (Fsp3) is 1.00. The van der Waals surface area contributed by atoms with Gasteiger partial charge in [0.1, 0.15) is 0 Å². The van der Waals surface area contributed by atoms with Crippen LogP contribution < -0.4 is 0 Å². The average molecular weight is 328 g/mol. The van der Waals surface area contributed by atoms with Crippen molar-refractivity contribution in [3.05, 3.63) is 0 Å². The van der Waals surface area contributed by atoms with Crippen molar-refractivity contribution in [3.63, 3.8) is 0 Å². The van der Waals surface area contributed by atoms with Crippen LogP contribution in [0.5, 0.6) is 0 Å². The average Bonchev–Trinajstić information content (AvgIpc) is 1.97. The maximum Gasteiger partial charge on any atom is 0.244 e. The Hall–Kier alpha value is 1.57. The molecular weight excluding hydrogens is 311 g/mol. The van der Waals surface area contributed by atoms with Crippen LogP contribution in [0, 0.1) is 0 Å². The molecule has 82 valence electrons. The molecule has 2 N–H and O–H groups in total. The molecule has 0 fully saturated rings. The summed E-state index contributed by atoms with van der Waals surface area (Å²) in [6.07, 6.45) is 1.91. The number of hydrogen-bond donors (Lipinski definition) is 1. The maximum atomic E-state index is 5.25. The topological polar surface area (TPSA) is 50.0 Å². The Morgan fingerprint density at radius 2 is 1.46 bits per heavy atom. The smallest absolute Gasteiger partial charge is 0.244 e. The predicted molar refractivity (Wildman–Crippen MR) is 59.4 cm³/mol. The molecule has 0 radical (unpaired) electrons. The number of thiol groups is 1. The van der Waals surface area contributed by atoms with Crippen LogP contribution in [-0.2, 0) is 41.9 Å². The molecule has 0 bridgehead atoms. The second-order valence-corrected chi connectivity index (χ2v) is 7.42. The molecule has 0 unspecified atom stereocenters. The second-order valence-electron chi connectivity index (χ2n) is 2.14. The first-order valence-electron chi connectivity index (χ1n) is 3.74. The van der Waals surface area contributed by atoms with E-state index >= 15 is 0 Å². The number of rotatable bonds is 6. The molecule has 0 heterocycles. The Bertz CT molecular complexity index is 136. The molecular formula is C6H17MoO3PS2.